The molecule has 0 spiro atoms. The Morgan fingerprint density at radius 2 is 1.60 bits per heavy atom. The molecule has 0 fully saturated rings. The third-order valence-electron chi connectivity index (χ3n) is 0.295. The van der Waals surface area contributed by atoms with E-state index in [0.717, 1.165) is 0 Å². The minimum absolute atomic E-state index is 0. The van der Waals surface area contributed by atoms with E-state index in [4.69, 9.17) is 5.11 Å². The van der Waals surface area contributed by atoms with E-state index in [1.165, 1.54) is 6.42 Å². The van der Waals surface area contributed by atoms with Crippen molar-refractivity contribution in [3.63, 3.8) is 0 Å². The molecule has 0 bridgehead atoms. The first kappa shape index (κ1) is 22.6. The fourth-order valence-electron chi connectivity index (χ4n) is 0.0913. The molecule has 0 aromatic carbocycles. The molecule has 10 heavy (non-hydrogen) atoms. The maximum atomic E-state index is 7.94. The van der Waals surface area contributed by atoms with Crippen LogP contribution in [-0.4, -0.2) is 25.4 Å². The summed E-state index contributed by atoms with van der Waals surface area (Å²) >= 11 is 0. The first-order chi connectivity index (χ1) is 3.83. The second kappa shape index (κ2) is 30.7. The molecule has 0 atom stereocenters. The Bertz CT molecular complexity index is 29.7. The Kier molecular flexibility index (Phi) is 69.6. The van der Waals surface area contributed by atoms with Crippen molar-refractivity contribution >= 4 is 0 Å². The summed E-state index contributed by atoms with van der Waals surface area (Å²) in [6.07, 6.45) is 1.25. The average molecular weight is 344 g/mol. The van der Waals surface area contributed by atoms with Gasteiger partial charge in [0.25, 0.3) is 0 Å². The molecule has 0 aliphatic rings. The number of ether oxygens (including phenoxy) is 1. The molecular formula is C6H16ArO2W. The molecule has 0 aromatic heterocycles. The quantitative estimate of drug-likeness (QED) is 0.811. The summed E-state index contributed by atoms with van der Waals surface area (Å²) in [6, 6.07) is 0. The minimum atomic E-state index is 0. The Labute approximate surface area is 108 Å². The van der Waals surface area contributed by atoms with Gasteiger partial charge in [0, 0.05) is 65.9 Å². The van der Waals surface area contributed by atoms with Gasteiger partial charge in [0.1, 0.15) is 0 Å². The Balaban J connectivity index is -0.0000000326. The SMILES string of the molecule is CCC.COCCO.[Ar].[W]. The Morgan fingerprint density at radius 3 is 1.60 bits per heavy atom. The second-order valence-electron chi connectivity index (χ2n) is 1.42. The van der Waals surface area contributed by atoms with Crippen LogP contribution in [0.5, 0.6) is 0 Å². The van der Waals surface area contributed by atoms with Crippen LogP contribution in [0.3, 0.4) is 0 Å². The molecule has 0 aromatic rings. The first-order valence-electron chi connectivity index (χ1n) is 2.93. The molecule has 0 aliphatic carbocycles. The number of aliphatic hydroxyl groups excluding tert-OH is 1. The van der Waals surface area contributed by atoms with Crippen molar-refractivity contribution in [2.45, 2.75) is 20.3 Å². The normalized spacial score (nSPS) is 6.00. The number of methoxy groups -OCH3 is 1. The Morgan fingerprint density at radius 1 is 1.30 bits per heavy atom. The summed E-state index contributed by atoms with van der Waals surface area (Å²) in [6.45, 7) is 4.82. The smallest absolute Gasteiger partial charge is 0.0693 e. The standard InChI is InChI=1S/C3H8O2.C3H8.Ar.W/c1-5-3-2-4;1-3-2;;/h4H,2-3H2,1H3;3H2,1-2H3;;. The molecule has 66 valence electrons. The van der Waals surface area contributed by atoms with E-state index < -0.39 is 0 Å². The maximum absolute atomic E-state index is 7.94. The summed E-state index contributed by atoms with van der Waals surface area (Å²) in [5.74, 6) is 0. The topological polar surface area (TPSA) is 29.5 Å². The zero-order chi connectivity index (χ0) is 6.83. The van der Waals surface area contributed by atoms with Crippen molar-refractivity contribution in [2.75, 3.05) is 20.3 Å². The first-order valence-corrected chi connectivity index (χ1v) is 2.93. The maximum Gasteiger partial charge on any atom is 0.0693 e. The van der Waals surface area contributed by atoms with E-state index in [0.29, 0.717) is 6.61 Å². The van der Waals surface area contributed by atoms with Gasteiger partial charge in [-0.25, -0.2) is 0 Å². The third-order valence-corrected chi connectivity index (χ3v) is 0.295. The van der Waals surface area contributed by atoms with Gasteiger partial charge in [-0.3, -0.25) is 0 Å². The van der Waals surface area contributed by atoms with Gasteiger partial charge in [0.15, 0.2) is 0 Å². The second-order valence-corrected chi connectivity index (χ2v) is 1.42. The van der Waals surface area contributed by atoms with Gasteiger partial charge in [-0.15, -0.1) is 0 Å². The summed E-state index contributed by atoms with van der Waals surface area (Å²) < 4.78 is 4.44. The molecule has 0 aliphatic heterocycles. The van der Waals surface area contributed by atoms with Gasteiger partial charge >= 0.3 is 0 Å². The molecule has 4 heteroatoms. The van der Waals surface area contributed by atoms with Crippen molar-refractivity contribution in [2.24, 2.45) is 0 Å². The van der Waals surface area contributed by atoms with Crippen LogP contribution >= 0.6 is 0 Å². The van der Waals surface area contributed by atoms with E-state index in [1.807, 2.05) is 0 Å². The van der Waals surface area contributed by atoms with Crippen molar-refractivity contribution in [1.82, 2.24) is 0 Å². The van der Waals surface area contributed by atoms with Crippen molar-refractivity contribution in [3.05, 3.63) is 0 Å². The van der Waals surface area contributed by atoms with Crippen molar-refractivity contribution in [1.29, 1.82) is 0 Å². The van der Waals surface area contributed by atoms with Gasteiger partial charge in [0.05, 0.1) is 13.2 Å². The van der Waals surface area contributed by atoms with E-state index in [2.05, 4.69) is 18.6 Å². The molecule has 0 saturated carbocycles. The monoisotopic (exact) mass is 344 g/mol. The van der Waals surface area contributed by atoms with Crippen LogP contribution in [0, 0.1) is 37.7 Å². The Hall–Kier alpha value is 1.87. The van der Waals surface area contributed by atoms with E-state index >= 15 is 0 Å². The summed E-state index contributed by atoms with van der Waals surface area (Å²) in [5.41, 5.74) is 0. The van der Waals surface area contributed by atoms with Crippen LogP contribution in [0.2, 0.25) is 0 Å². The van der Waals surface area contributed by atoms with Crippen LogP contribution in [-0.2, 0) is 25.8 Å². The summed E-state index contributed by atoms with van der Waals surface area (Å²) in [7, 11) is 1.55. The molecule has 0 amide bonds. The third kappa shape index (κ3) is 51.9. The van der Waals surface area contributed by atoms with E-state index in [-0.39, 0.29) is 65.4 Å². The van der Waals surface area contributed by atoms with Gasteiger partial charge in [-0.1, -0.05) is 20.3 Å². The van der Waals surface area contributed by atoms with Crippen LogP contribution in [0.15, 0.2) is 0 Å². The molecule has 0 heterocycles. The minimum Gasteiger partial charge on any atom is -0.394 e. The summed E-state index contributed by atoms with van der Waals surface area (Å²) in [4.78, 5) is 0. The van der Waals surface area contributed by atoms with Crippen molar-refractivity contribution in [3.8, 4) is 0 Å². The molecule has 0 rings (SSSR count). The van der Waals surface area contributed by atoms with Crippen LogP contribution < -0.4 is 0 Å². The predicted molar refractivity (Wildman–Crippen MR) is 34.9 cm³/mol. The van der Waals surface area contributed by atoms with Gasteiger partial charge in [0.2, 0.25) is 0 Å². The number of aliphatic hydroxyl groups is 1. The van der Waals surface area contributed by atoms with E-state index in [9.17, 15) is 0 Å². The largest absolute Gasteiger partial charge is 0.394 e. The fraction of sp³-hybridized carbons (Fsp3) is 1.00. The number of hydrogen-bond acceptors (Lipinski definition) is 2. The molecule has 1 N–H and O–H groups in total. The summed E-state index contributed by atoms with van der Waals surface area (Å²) in [5, 5.41) is 7.94. The molecule has 0 radical (unpaired) electrons. The molecule has 2 nitrogen and oxygen atoms in total. The van der Waals surface area contributed by atoms with Gasteiger partial charge in [-0.2, -0.15) is 0 Å². The number of hydrogen-bond donors (Lipinski definition) is 1. The van der Waals surface area contributed by atoms with Gasteiger partial charge < -0.3 is 9.84 Å². The molecule has 0 unspecified atom stereocenters. The van der Waals surface area contributed by atoms with Crippen LogP contribution in [0.4, 0.5) is 0 Å². The van der Waals surface area contributed by atoms with Crippen LogP contribution in [0.1, 0.15) is 20.3 Å². The average Bonchev–Trinajstić information content (AvgIpc) is 1.71. The zero-order valence-electron chi connectivity index (χ0n) is 6.74. The number of rotatable bonds is 2. The zero-order valence-corrected chi connectivity index (χ0v) is 10.4. The molecule has 0 saturated heterocycles. The van der Waals surface area contributed by atoms with Crippen LogP contribution in [0.25, 0.3) is 0 Å². The molecular weight excluding hydrogens is 328 g/mol. The van der Waals surface area contributed by atoms with E-state index in [1.54, 1.807) is 7.11 Å². The fourth-order valence-corrected chi connectivity index (χ4v) is 0.0913. The van der Waals surface area contributed by atoms with Gasteiger partial charge in [-0.05, 0) is 0 Å². The predicted octanol–water partition coefficient (Wildman–Crippen LogP) is 1.04. The van der Waals surface area contributed by atoms with Crippen molar-refractivity contribution < 1.29 is 68.6 Å².